The molecule has 0 unspecified atom stereocenters. The first-order valence-electron chi connectivity index (χ1n) is 7.06. The van der Waals surface area contributed by atoms with Gasteiger partial charge in [-0.15, -0.1) is 0 Å². The molecule has 1 aromatic rings. The van der Waals surface area contributed by atoms with Crippen LogP contribution in [0.15, 0.2) is 18.2 Å². The highest BCUT2D eigenvalue weighted by atomic mass is 19.1. The number of hydrogen-bond acceptors (Lipinski definition) is 4. The maximum absolute atomic E-state index is 13.1. The van der Waals surface area contributed by atoms with Crippen LogP contribution in [0.2, 0.25) is 0 Å². The molecule has 0 saturated carbocycles. The molecule has 1 rings (SSSR count). The summed E-state index contributed by atoms with van der Waals surface area (Å²) in [5.74, 6) is -0.409. The average molecular weight is 311 g/mol. The molecule has 1 N–H and O–H groups in total. The second-order valence-corrected chi connectivity index (χ2v) is 5.80. The van der Waals surface area contributed by atoms with Crippen molar-refractivity contribution in [1.82, 2.24) is 5.32 Å². The van der Waals surface area contributed by atoms with Gasteiger partial charge in [-0.3, -0.25) is 4.79 Å². The number of rotatable bonds is 6. The molecule has 0 aromatic heterocycles. The summed E-state index contributed by atoms with van der Waals surface area (Å²) in [5, 5.41) is 2.58. The lowest BCUT2D eigenvalue weighted by molar-refractivity contribution is 0.0525. The standard InChI is InChI=1S/C16H22FNO4/c1-16(2,3)22-15(20)18-9-5-6-13(19)12-8-7-11(17)10-14(12)21-4/h7-8,10H,5-6,9H2,1-4H3,(H,18,20). The molecule has 0 fully saturated rings. The Balaban J connectivity index is 2.43. The summed E-state index contributed by atoms with van der Waals surface area (Å²) in [6, 6.07) is 3.79. The smallest absolute Gasteiger partial charge is 0.407 e. The van der Waals surface area contributed by atoms with E-state index in [1.54, 1.807) is 20.8 Å². The number of nitrogens with one attached hydrogen (secondary N) is 1. The fourth-order valence-electron chi connectivity index (χ4n) is 1.78. The number of alkyl carbamates (subject to hydrolysis) is 1. The van der Waals surface area contributed by atoms with Crippen LogP contribution >= 0.6 is 0 Å². The quantitative estimate of drug-likeness (QED) is 0.646. The van der Waals surface area contributed by atoms with E-state index in [1.165, 1.54) is 25.3 Å². The third kappa shape index (κ3) is 6.11. The van der Waals surface area contributed by atoms with Crippen LogP contribution in [0.1, 0.15) is 44.0 Å². The fraction of sp³-hybridized carbons (Fsp3) is 0.500. The first-order chi connectivity index (χ1) is 10.2. The first-order valence-corrected chi connectivity index (χ1v) is 7.06. The van der Waals surface area contributed by atoms with Crippen LogP contribution in [0, 0.1) is 5.82 Å². The van der Waals surface area contributed by atoms with Crippen LogP contribution in [0.4, 0.5) is 9.18 Å². The summed E-state index contributed by atoms with van der Waals surface area (Å²) < 4.78 is 23.2. The van der Waals surface area contributed by atoms with Crippen molar-refractivity contribution < 1.29 is 23.5 Å². The number of benzene rings is 1. The Bertz CT molecular complexity index is 537. The van der Waals surface area contributed by atoms with E-state index in [1.807, 2.05) is 0 Å². The molecule has 0 atom stereocenters. The van der Waals surface area contributed by atoms with Gasteiger partial charge in [0.2, 0.25) is 0 Å². The average Bonchev–Trinajstić information content (AvgIpc) is 2.41. The lowest BCUT2D eigenvalue weighted by atomic mass is 10.1. The molecular weight excluding hydrogens is 289 g/mol. The zero-order valence-electron chi connectivity index (χ0n) is 13.4. The van der Waals surface area contributed by atoms with Crippen molar-refractivity contribution >= 4 is 11.9 Å². The predicted octanol–water partition coefficient (Wildman–Crippen LogP) is 3.32. The Labute approximate surface area is 129 Å². The maximum Gasteiger partial charge on any atom is 0.407 e. The number of carbonyl (C=O) groups is 2. The molecule has 1 aromatic carbocycles. The minimum Gasteiger partial charge on any atom is -0.496 e. The highest BCUT2D eigenvalue weighted by Gasteiger charge is 2.16. The Kier molecular flexibility index (Phi) is 6.34. The zero-order chi connectivity index (χ0) is 16.8. The number of hydrogen-bond donors (Lipinski definition) is 1. The summed E-state index contributed by atoms with van der Waals surface area (Å²) in [4.78, 5) is 23.5. The summed E-state index contributed by atoms with van der Waals surface area (Å²) in [6.45, 7) is 5.65. The van der Waals surface area contributed by atoms with E-state index >= 15 is 0 Å². The van der Waals surface area contributed by atoms with Crippen LogP contribution < -0.4 is 10.1 Å². The van der Waals surface area contributed by atoms with Crippen LogP contribution in [-0.4, -0.2) is 31.1 Å². The van der Waals surface area contributed by atoms with Gasteiger partial charge in [0.15, 0.2) is 5.78 Å². The highest BCUT2D eigenvalue weighted by Crippen LogP contribution is 2.21. The molecule has 122 valence electrons. The van der Waals surface area contributed by atoms with Crippen molar-refractivity contribution in [3.63, 3.8) is 0 Å². The third-order valence-electron chi connectivity index (χ3n) is 2.71. The molecule has 0 radical (unpaired) electrons. The van der Waals surface area contributed by atoms with Gasteiger partial charge < -0.3 is 14.8 Å². The second kappa shape index (κ2) is 7.77. The van der Waals surface area contributed by atoms with Gasteiger partial charge in [-0.25, -0.2) is 9.18 Å². The van der Waals surface area contributed by atoms with Crippen molar-refractivity contribution in [2.45, 2.75) is 39.2 Å². The Hall–Kier alpha value is -2.11. The van der Waals surface area contributed by atoms with Gasteiger partial charge in [0.05, 0.1) is 12.7 Å². The molecule has 0 heterocycles. The van der Waals surface area contributed by atoms with Gasteiger partial charge in [-0.2, -0.15) is 0 Å². The molecule has 22 heavy (non-hydrogen) atoms. The predicted molar refractivity (Wildman–Crippen MR) is 80.8 cm³/mol. The van der Waals surface area contributed by atoms with Gasteiger partial charge in [0.1, 0.15) is 17.2 Å². The number of methoxy groups -OCH3 is 1. The van der Waals surface area contributed by atoms with Crippen molar-refractivity contribution in [2.24, 2.45) is 0 Å². The van der Waals surface area contributed by atoms with Crippen LogP contribution in [0.25, 0.3) is 0 Å². The summed E-state index contributed by atoms with van der Waals surface area (Å²) >= 11 is 0. The van der Waals surface area contributed by atoms with Crippen molar-refractivity contribution in [1.29, 1.82) is 0 Å². The monoisotopic (exact) mass is 311 g/mol. The van der Waals surface area contributed by atoms with E-state index in [4.69, 9.17) is 9.47 Å². The van der Waals surface area contributed by atoms with E-state index in [9.17, 15) is 14.0 Å². The van der Waals surface area contributed by atoms with Gasteiger partial charge in [0.25, 0.3) is 0 Å². The van der Waals surface area contributed by atoms with Crippen molar-refractivity contribution in [2.75, 3.05) is 13.7 Å². The van der Waals surface area contributed by atoms with Gasteiger partial charge in [-0.05, 0) is 39.3 Å². The van der Waals surface area contributed by atoms with E-state index in [-0.39, 0.29) is 18.0 Å². The summed E-state index contributed by atoms with van der Waals surface area (Å²) in [6.07, 6.45) is 0.162. The fourth-order valence-corrected chi connectivity index (χ4v) is 1.78. The molecule has 0 aliphatic heterocycles. The van der Waals surface area contributed by atoms with Crippen LogP contribution in [0.3, 0.4) is 0 Å². The maximum atomic E-state index is 13.1. The van der Waals surface area contributed by atoms with E-state index in [0.29, 0.717) is 18.5 Å². The number of ether oxygens (including phenoxy) is 2. The zero-order valence-corrected chi connectivity index (χ0v) is 13.4. The molecule has 0 saturated heterocycles. The SMILES string of the molecule is COc1cc(F)ccc1C(=O)CCCNC(=O)OC(C)(C)C. The normalized spacial score (nSPS) is 11.0. The van der Waals surface area contributed by atoms with Crippen LogP contribution in [-0.2, 0) is 4.74 Å². The number of carbonyl (C=O) groups excluding carboxylic acids is 2. The molecular formula is C16H22FNO4. The summed E-state index contributed by atoms with van der Waals surface area (Å²) in [5.41, 5.74) is -0.220. The topological polar surface area (TPSA) is 64.6 Å². The minimum atomic E-state index is -0.554. The number of amides is 1. The van der Waals surface area contributed by atoms with Gasteiger partial charge >= 0.3 is 6.09 Å². The Morgan fingerprint density at radius 2 is 1.95 bits per heavy atom. The first kappa shape index (κ1) is 17.9. The molecule has 0 bridgehead atoms. The summed E-state index contributed by atoms with van der Waals surface area (Å²) in [7, 11) is 1.38. The van der Waals surface area contributed by atoms with E-state index in [0.717, 1.165) is 0 Å². The third-order valence-corrected chi connectivity index (χ3v) is 2.71. The van der Waals surface area contributed by atoms with E-state index < -0.39 is 17.5 Å². The molecule has 0 spiro atoms. The molecule has 5 nitrogen and oxygen atoms in total. The molecule has 1 amide bonds. The van der Waals surface area contributed by atoms with Crippen LogP contribution in [0.5, 0.6) is 5.75 Å². The second-order valence-electron chi connectivity index (χ2n) is 5.80. The van der Waals surface area contributed by atoms with E-state index in [2.05, 4.69) is 5.32 Å². The lowest BCUT2D eigenvalue weighted by Gasteiger charge is -2.19. The number of halogens is 1. The number of ketones is 1. The van der Waals surface area contributed by atoms with Gasteiger partial charge in [0, 0.05) is 19.0 Å². The molecule has 0 aliphatic rings. The van der Waals surface area contributed by atoms with Gasteiger partial charge in [-0.1, -0.05) is 0 Å². The highest BCUT2D eigenvalue weighted by molar-refractivity contribution is 5.98. The minimum absolute atomic E-state index is 0.164. The van der Waals surface area contributed by atoms with Crippen molar-refractivity contribution in [3.8, 4) is 5.75 Å². The molecule has 0 aliphatic carbocycles. The molecule has 6 heteroatoms. The number of Topliss-reactive ketones (excluding diaryl/α,β-unsaturated/α-hetero) is 1. The Morgan fingerprint density at radius 1 is 1.27 bits per heavy atom. The lowest BCUT2D eigenvalue weighted by Crippen LogP contribution is -2.33. The van der Waals surface area contributed by atoms with Crippen molar-refractivity contribution in [3.05, 3.63) is 29.6 Å². The largest absolute Gasteiger partial charge is 0.496 e. The Morgan fingerprint density at radius 3 is 2.55 bits per heavy atom.